The fourth-order valence-corrected chi connectivity index (χ4v) is 5.39. The van der Waals surface area contributed by atoms with Crippen LogP contribution in [0.1, 0.15) is 46.1 Å². The zero-order valence-electron chi connectivity index (χ0n) is 16.3. The molecule has 7 heteroatoms. The van der Waals surface area contributed by atoms with E-state index in [2.05, 4.69) is 5.32 Å². The van der Waals surface area contributed by atoms with Crippen LogP contribution >= 0.6 is 34.5 Å². The smallest absolute Gasteiger partial charge is 0.206 e. The molecular formula is C23H18Cl2N2O2S. The highest BCUT2D eigenvalue weighted by Crippen LogP contribution is 2.50. The Labute approximate surface area is 188 Å². The highest BCUT2D eigenvalue weighted by molar-refractivity contribution is 7.19. The lowest BCUT2D eigenvalue weighted by molar-refractivity contribution is -0.113. The van der Waals surface area contributed by atoms with Crippen LogP contribution in [-0.4, -0.2) is 11.6 Å². The molecule has 30 heavy (non-hydrogen) atoms. The average molecular weight is 457 g/mol. The molecule has 0 bridgehead atoms. The Balaban J connectivity index is 1.91. The molecular weight excluding hydrogens is 439 g/mol. The lowest BCUT2D eigenvalue weighted by Crippen LogP contribution is -2.21. The summed E-state index contributed by atoms with van der Waals surface area (Å²) in [5.41, 5.74) is 10.2. The molecule has 2 heterocycles. The van der Waals surface area contributed by atoms with Gasteiger partial charge in [-0.15, -0.1) is 11.3 Å². The Morgan fingerprint density at radius 3 is 2.47 bits per heavy atom. The van der Waals surface area contributed by atoms with Crippen molar-refractivity contribution in [3.63, 3.8) is 0 Å². The number of nitrogens with one attached hydrogen (secondary N) is 1. The van der Waals surface area contributed by atoms with Crippen LogP contribution in [0.3, 0.4) is 0 Å². The van der Waals surface area contributed by atoms with Gasteiger partial charge in [-0.3, -0.25) is 9.59 Å². The Morgan fingerprint density at radius 2 is 1.80 bits per heavy atom. The van der Waals surface area contributed by atoms with Gasteiger partial charge in [0, 0.05) is 33.3 Å². The summed E-state index contributed by atoms with van der Waals surface area (Å²) in [4.78, 5) is 26.2. The highest BCUT2D eigenvalue weighted by atomic mass is 35.5. The predicted octanol–water partition coefficient (Wildman–Crippen LogP) is 6.29. The first kappa shape index (κ1) is 20.7. The van der Waals surface area contributed by atoms with E-state index in [4.69, 9.17) is 28.9 Å². The number of hydrogen-bond donors (Lipinski definition) is 2. The van der Waals surface area contributed by atoms with Gasteiger partial charge in [-0.1, -0.05) is 53.5 Å². The molecule has 3 aromatic rings. The standard InChI is InChI=1S/C23H18Cl2N2O2S/c1-11-17(12(2)28)18(13-6-4-3-5-7-13)19-20(26)22(30-23(19)27-11)21(29)15-10-14(24)8-9-16(15)25/h3-10,18,27H,26H2,1-2H3. The van der Waals surface area contributed by atoms with Gasteiger partial charge < -0.3 is 11.1 Å². The molecule has 152 valence electrons. The number of allylic oxidation sites excluding steroid dienone is 2. The highest BCUT2D eigenvalue weighted by Gasteiger charge is 2.36. The summed E-state index contributed by atoms with van der Waals surface area (Å²) in [5.74, 6) is -0.696. The second-order valence-corrected chi connectivity index (χ2v) is 8.97. The minimum Gasteiger partial charge on any atom is -0.397 e. The lowest BCUT2D eigenvalue weighted by Gasteiger charge is -2.28. The number of Topliss-reactive ketones (excluding diaryl/α,β-unsaturated/α-hetero) is 1. The van der Waals surface area contributed by atoms with E-state index in [1.165, 1.54) is 17.4 Å². The average Bonchev–Trinajstić information content (AvgIpc) is 3.04. The summed E-state index contributed by atoms with van der Waals surface area (Å²) in [6, 6.07) is 14.4. The predicted molar refractivity (Wildman–Crippen MR) is 124 cm³/mol. The Kier molecular flexibility index (Phi) is 5.45. The molecule has 1 aromatic heterocycles. The molecule has 3 N–H and O–H groups in total. The number of rotatable bonds is 4. The van der Waals surface area contributed by atoms with Crippen molar-refractivity contribution >= 4 is 56.8 Å². The second-order valence-electron chi connectivity index (χ2n) is 7.10. The maximum absolute atomic E-state index is 13.3. The number of carbonyl (C=O) groups is 2. The van der Waals surface area contributed by atoms with Crippen LogP contribution in [0, 0.1) is 0 Å². The van der Waals surface area contributed by atoms with E-state index >= 15 is 0 Å². The fraction of sp³-hybridized carbons (Fsp3) is 0.130. The number of benzene rings is 2. The van der Waals surface area contributed by atoms with Gasteiger partial charge in [0.05, 0.1) is 15.7 Å². The number of halogens is 2. The van der Waals surface area contributed by atoms with Gasteiger partial charge >= 0.3 is 0 Å². The van der Waals surface area contributed by atoms with Gasteiger partial charge in [-0.2, -0.15) is 0 Å². The number of hydrogen-bond acceptors (Lipinski definition) is 5. The fourth-order valence-electron chi connectivity index (χ4n) is 3.84. The molecule has 1 unspecified atom stereocenters. The van der Waals surface area contributed by atoms with Crippen LogP contribution < -0.4 is 11.1 Å². The van der Waals surface area contributed by atoms with Crippen molar-refractivity contribution in [1.82, 2.24) is 0 Å². The monoisotopic (exact) mass is 456 g/mol. The van der Waals surface area contributed by atoms with Gasteiger partial charge in [0.15, 0.2) is 5.78 Å². The number of nitrogens with two attached hydrogens (primary N) is 1. The number of fused-ring (bicyclic) bond motifs is 1. The maximum atomic E-state index is 13.3. The third-order valence-electron chi connectivity index (χ3n) is 5.16. The van der Waals surface area contributed by atoms with E-state index in [9.17, 15) is 9.59 Å². The van der Waals surface area contributed by atoms with E-state index < -0.39 is 0 Å². The normalized spacial score (nSPS) is 15.5. The van der Waals surface area contributed by atoms with Crippen molar-refractivity contribution in [2.24, 2.45) is 0 Å². The molecule has 4 rings (SSSR count). The molecule has 1 aliphatic heterocycles. The third kappa shape index (κ3) is 3.43. The van der Waals surface area contributed by atoms with Gasteiger partial charge in [-0.05, 0) is 37.6 Å². The molecule has 1 aliphatic rings. The van der Waals surface area contributed by atoms with E-state index in [-0.39, 0.29) is 17.5 Å². The number of anilines is 2. The first-order valence-corrected chi connectivity index (χ1v) is 10.8. The van der Waals surface area contributed by atoms with Crippen molar-refractivity contribution in [2.75, 3.05) is 11.1 Å². The zero-order valence-corrected chi connectivity index (χ0v) is 18.6. The molecule has 0 amide bonds. The number of thiophene rings is 1. The summed E-state index contributed by atoms with van der Waals surface area (Å²) in [7, 11) is 0. The van der Waals surface area contributed by atoms with Gasteiger partial charge in [0.1, 0.15) is 4.88 Å². The number of ketones is 2. The number of carbonyl (C=O) groups excluding carboxylic acids is 2. The Bertz CT molecular complexity index is 1220. The minimum atomic E-state index is -0.354. The third-order valence-corrected chi connectivity index (χ3v) is 6.86. The summed E-state index contributed by atoms with van der Waals surface area (Å²) in [6.07, 6.45) is 0. The number of nitrogen functional groups attached to an aromatic ring is 1. The van der Waals surface area contributed by atoms with Crippen LogP contribution in [0.15, 0.2) is 59.8 Å². The van der Waals surface area contributed by atoms with E-state index in [1.807, 2.05) is 37.3 Å². The molecule has 0 saturated heterocycles. The second kappa shape index (κ2) is 7.91. The largest absolute Gasteiger partial charge is 0.397 e. The molecule has 1 atom stereocenters. The van der Waals surface area contributed by atoms with Gasteiger partial charge in [0.25, 0.3) is 0 Å². The topological polar surface area (TPSA) is 72.2 Å². The van der Waals surface area contributed by atoms with Crippen molar-refractivity contribution in [3.8, 4) is 0 Å². The van der Waals surface area contributed by atoms with E-state index in [1.54, 1.807) is 19.1 Å². The van der Waals surface area contributed by atoms with Crippen LogP contribution in [0.4, 0.5) is 10.7 Å². The van der Waals surface area contributed by atoms with Gasteiger partial charge in [-0.25, -0.2) is 0 Å². The van der Waals surface area contributed by atoms with Crippen molar-refractivity contribution in [1.29, 1.82) is 0 Å². The van der Waals surface area contributed by atoms with Crippen LogP contribution in [0.25, 0.3) is 0 Å². The summed E-state index contributed by atoms with van der Waals surface area (Å²) < 4.78 is 0. The summed E-state index contributed by atoms with van der Waals surface area (Å²) in [6.45, 7) is 3.41. The van der Waals surface area contributed by atoms with Crippen molar-refractivity contribution < 1.29 is 9.59 Å². The van der Waals surface area contributed by atoms with Crippen LogP contribution in [-0.2, 0) is 4.79 Å². The molecule has 0 spiro atoms. The first-order valence-electron chi connectivity index (χ1n) is 9.25. The molecule has 0 aliphatic carbocycles. The molecule has 0 saturated carbocycles. The van der Waals surface area contributed by atoms with Crippen molar-refractivity contribution in [2.45, 2.75) is 19.8 Å². The van der Waals surface area contributed by atoms with Crippen LogP contribution in [0.2, 0.25) is 10.0 Å². The Morgan fingerprint density at radius 1 is 1.10 bits per heavy atom. The Hall–Kier alpha value is -2.60. The maximum Gasteiger partial charge on any atom is 0.206 e. The van der Waals surface area contributed by atoms with Gasteiger partial charge in [0.2, 0.25) is 5.78 Å². The molecule has 4 nitrogen and oxygen atoms in total. The summed E-state index contributed by atoms with van der Waals surface area (Å²) in [5, 5.41) is 4.75. The summed E-state index contributed by atoms with van der Waals surface area (Å²) >= 11 is 13.6. The van der Waals surface area contributed by atoms with Crippen molar-refractivity contribution in [3.05, 3.63) is 91.4 Å². The van der Waals surface area contributed by atoms with E-state index in [0.29, 0.717) is 31.7 Å². The molecule has 0 fully saturated rings. The lowest BCUT2D eigenvalue weighted by atomic mass is 9.80. The van der Waals surface area contributed by atoms with E-state index in [0.717, 1.165) is 21.8 Å². The quantitative estimate of drug-likeness (QED) is 0.452. The van der Waals surface area contributed by atoms with Crippen LogP contribution in [0.5, 0.6) is 0 Å². The SMILES string of the molecule is CC(=O)C1=C(C)Nc2sc(C(=O)c3cc(Cl)ccc3Cl)c(N)c2C1c1ccccc1. The minimum absolute atomic E-state index is 0.0455. The molecule has 2 aromatic carbocycles. The molecule has 0 radical (unpaired) electrons. The zero-order chi connectivity index (χ0) is 21.6. The first-order chi connectivity index (χ1) is 14.3.